The van der Waals surface area contributed by atoms with E-state index in [0.29, 0.717) is 34.5 Å². The lowest BCUT2D eigenvalue weighted by Crippen LogP contribution is -2.65. The molecule has 33 heteroatoms. The smallest absolute Gasteiger partial charge is 0.411 e. The van der Waals surface area contributed by atoms with Crippen molar-refractivity contribution in [1.29, 1.82) is 0 Å². The van der Waals surface area contributed by atoms with E-state index in [2.05, 4.69) is 50.4 Å². The molecule has 2 aliphatic carbocycles. The van der Waals surface area contributed by atoms with Gasteiger partial charge in [-0.2, -0.15) is 5.48 Å². The number of allylic oxidation sites excluding steroid dienone is 3. The van der Waals surface area contributed by atoms with Crippen molar-refractivity contribution in [3.63, 3.8) is 0 Å². The molecule has 4 aliphatic heterocycles. The minimum atomic E-state index is -2.10. The predicted octanol–water partition coefficient (Wildman–Crippen LogP) is 2.85. The first kappa shape index (κ1) is 85.3. The number of unbranched alkanes of at least 4 members (excludes halogenated alkanes) is 1. The first-order chi connectivity index (χ1) is 48.9. The molecule has 0 aromatic heterocycles. The molecular weight excluding hydrogens is 1500 g/mol. The van der Waals surface area contributed by atoms with Crippen LogP contribution in [0.15, 0.2) is 35.1 Å². The first-order valence-electron chi connectivity index (χ1n) is 34.4. The second-order valence-corrected chi connectivity index (χ2v) is 30.7. The number of aliphatic hydroxyl groups is 5. The van der Waals surface area contributed by atoms with Gasteiger partial charge in [0.05, 0.1) is 104 Å². The van der Waals surface area contributed by atoms with Crippen LogP contribution in [-0.2, 0) is 57.1 Å². The van der Waals surface area contributed by atoms with Crippen molar-refractivity contribution in [2.45, 2.75) is 214 Å². The van der Waals surface area contributed by atoms with E-state index in [0.717, 1.165) is 70.7 Å². The molecule has 1 aromatic rings. The summed E-state index contributed by atoms with van der Waals surface area (Å²) < 4.78 is 73.7. The molecule has 29 nitrogen and oxygen atoms in total. The molecule has 19 atom stereocenters. The maximum atomic E-state index is 14.6. The van der Waals surface area contributed by atoms with E-state index in [1.807, 2.05) is 48.3 Å². The molecule has 0 unspecified atom stereocenters. The lowest BCUT2D eigenvalue weighted by atomic mass is 9.75. The topological polar surface area (TPSA) is 379 Å². The summed E-state index contributed by atoms with van der Waals surface area (Å²) >= 11 is 2.81. The highest BCUT2D eigenvalue weighted by Crippen LogP contribution is 2.49. The van der Waals surface area contributed by atoms with Crippen molar-refractivity contribution >= 4 is 78.8 Å². The van der Waals surface area contributed by atoms with Gasteiger partial charge in [0.2, 0.25) is 23.1 Å². The number of methoxy groups -OCH3 is 5. The number of hydrogen-bond donors (Lipinski definition) is 11. The number of halogens is 1. The number of hydrogen-bond acceptors (Lipinski definition) is 30. The number of aliphatic hydroxyl groups excluding tert-OH is 4. The van der Waals surface area contributed by atoms with E-state index in [1.54, 1.807) is 51.7 Å². The number of carbonyl (C=O) groups excluding carboxylic acids is 4. The van der Waals surface area contributed by atoms with Crippen LogP contribution in [0, 0.1) is 34.2 Å². The number of Topliss-reactive ketones (excluding diaryl/α,β-unsaturated/α-hetero) is 1. The first-order valence-corrected chi connectivity index (χ1v) is 38.8. The molecule has 7 rings (SSSR count). The normalized spacial score (nSPS) is 31.7. The van der Waals surface area contributed by atoms with E-state index >= 15 is 0 Å². The fourth-order valence-corrected chi connectivity index (χ4v) is 16.2. The average molecular weight is 1610 g/mol. The van der Waals surface area contributed by atoms with Crippen molar-refractivity contribution in [3.05, 3.63) is 49.8 Å². The zero-order valence-electron chi connectivity index (χ0n) is 60.0. The molecule has 1 aromatic carbocycles. The van der Waals surface area contributed by atoms with Crippen LogP contribution in [0.2, 0.25) is 0 Å². The minimum absolute atomic E-state index is 0.0142. The van der Waals surface area contributed by atoms with Crippen LogP contribution in [0.1, 0.15) is 102 Å². The Kier molecular flexibility index (Phi) is 35.1. The van der Waals surface area contributed by atoms with Gasteiger partial charge in [-0.05, 0) is 133 Å². The van der Waals surface area contributed by atoms with Crippen LogP contribution < -0.4 is 46.7 Å². The fraction of sp³-hybridized carbons (Fsp3) is 0.710. The highest BCUT2D eigenvalue weighted by molar-refractivity contribution is 14.1. The Morgan fingerprint density at radius 1 is 0.833 bits per heavy atom. The lowest BCUT2D eigenvalue weighted by Gasteiger charge is -2.47. The van der Waals surface area contributed by atoms with Gasteiger partial charge in [-0.3, -0.25) is 29.4 Å². The molecule has 0 saturated carbocycles. The summed E-state index contributed by atoms with van der Waals surface area (Å²) in [5.41, 5.74) is 6.76. The Morgan fingerprint density at radius 2 is 1.53 bits per heavy atom. The number of nitrogens with zero attached hydrogens (tertiary/aromatic N) is 1. The monoisotopic (exact) mass is 1610 g/mol. The molecule has 102 heavy (non-hydrogen) atoms. The molecule has 12 N–H and O–H groups in total. The molecule has 4 heterocycles. The lowest BCUT2D eigenvalue weighted by molar-refractivity contribution is -0.337. The van der Waals surface area contributed by atoms with Gasteiger partial charge in [-0.1, -0.05) is 83.9 Å². The Hall–Kier alpha value is -3.94. The van der Waals surface area contributed by atoms with Crippen LogP contribution in [-0.4, -0.2) is 274 Å². The van der Waals surface area contributed by atoms with Crippen molar-refractivity contribution < 1.29 is 106 Å². The van der Waals surface area contributed by atoms with Crippen LogP contribution >= 0.6 is 55.9 Å². The summed E-state index contributed by atoms with van der Waals surface area (Å²) in [4.78, 5) is 63.6. The Morgan fingerprint density at radius 3 is 2.19 bits per heavy atom. The van der Waals surface area contributed by atoms with E-state index < -0.39 is 139 Å². The number of nitrogens with two attached hydrogens (primary N) is 1. The maximum absolute atomic E-state index is 14.6. The van der Waals surface area contributed by atoms with Gasteiger partial charge in [0.15, 0.2) is 41.8 Å². The van der Waals surface area contributed by atoms with Crippen LogP contribution in [0.3, 0.4) is 0 Å². The number of alkyl carbamates (subject to hydrolysis) is 1. The highest BCUT2D eigenvalue weighted by Gasteiger charge is 2.52. The summed E-state index contributed by atoms with van der Waals surface area (Å²) in [6.45, 7) is 17.8. The third-order valence-corrected chi connectivity index (χ3v) is 23.5. The number of carbonyl (C=O) groups is 4. The van der Waals surface area contributed by atoms with Crippen molar-refractivity contribution in [2.24, 2.45) is 5.73 Å². The van der Waals surface area contributed by atoms with Gasteiger partial charge < -0.3 is 104 Å². The summed E-state index contributed by atoms with van der Waals surface area (Å²) in [6.07, 6.45) is -11.0. The van der Waals surface area contributed by atoms with Gasteiger partial charge in [0, 0.05) is 55.8 Å². The number of likely N-dealkylation sites (N-methyl/N-ethyl adjacent to an activating group) is 1. The SMILES string of the molecule is CCN(CC(=O)NCCCNCCCCNCCCN)[C@H]1CO[C@@H](O[C@H]2[C@H](O[C@H]3C#C/C=C\C#C[C@]4(O)CC(=O)C(NC(=O)OC)=C3/C4=C\CSSC(C)C)O[C@H](C)[C@@H](NO[C@H]3C[C@H](O)[C@H](SC(=O)c4c(C)c(I)c(O[C@@H]5O[C@@H](C)[C@H](O)[C@@H](OC)[C@H]5O)c(OC)c4OC)[C@@H](C)O3)[C@@H]2O)C[C@@H]1OC. The number of thioether (sulfide) groups is 1. The third-order valence-electron chi connectivity index (χ3n) is 18.0. The van der Waals surface area contributed by atoms with Crippen LogP contribution in [0.25, 0.3) is 0 Å². The predicted molar refractivity (Wildman–Crippen MR) is 391 cm³/mol. The molecular formula is C69H104IN7O22S3. The van der Waals surface area contributed by atoms with Crippen molar-refractivity contribution in [3.8, 4) is 40.9 Å². The highest BCUT2D eigenvalue weighted by atomic mass is 127. The van der Waals surface area contributed by atoms with Gasteiger partial charge in [0.25, 0.3) is 0 Å². The number of ether oxygens (including phenoxy) is 12. The number of benzene rings is 1. The number of rotatable bonds is 36. The molecule has 2 bridgehead atoms. The standard InChI is InChI=1S/C69H104IN7O22S3/c1-13-77(35-48(80)74-30-21-29-73-27-19-18-26-72-28-20-25-71)43-36-92-49(33-47(43)87-8)97-62-57(82)54(39(5)94-67(62)96-46-22-16-14-15-17-24-69(86)34-45(79)55(75-68(85)91-12)52(46)42(69)23-31-100-102-37(2)3)76-99-50-32-44(78)64(41(7)93-50)101-65(84)51-38(4)53(70)60(63(90-11)59(51)88-9)98-66-58(83)61(89-10)56(81)40(6)95-66/h14-15,23,37,39-41,43-44,46-47,49-50,54,56-58,61-62,64,66-67,72-73,76,78,81-83,86H,13,18-21,25-36,71H2,1-12H3,(H,74,80)(H,75,85)/b15-14-,42-23+/t39-,40+,41-,43+,44+,46+,47+,49+,50+,54-,56+,57+,58-,61-,62-,64-,66+,67+,69+/m1/s1. The summed E-state index contributed by atoms with van der Waals surface area (Å²) in [6, 6.07) is -1.56. The Labute approximate surface area is 623 Å². The number of amides is 2. The summed E-state index contributed by atoms with van der Waals surface area (Å²) in [5.74, 6) is 11.2. The van der Waals surface area contributed by atoms with Gasteiger partial charge in [-0.25, -0.2) is 4.79 Å². The zero-order chi connectivity index (χ0) is 74.4. The molecule has 572 valence electrons. The molecule has 0 spiro atoms. The fourth-order valence-electron chi connectivity index (χ4n) is 12.6. The molecule has 4 saturated heterocycles. The quantitative estimate of drug-likeness (QED) is 0.0151. The van der Waals surface area contributed by atoms with E-state index in [-0.39, 0.29) is 76.8 Å². The van der Waals surface area contributed by atoms with Crippen LogP contribution in [0.4, 0.5) is 4.79 Å². The Bertz CT molecular complexity index is 3160. The second-order valence-electron chi connectivity index (χ2n) is 25.5. The second kappa shape index (κ2) is 42.0. The molecule has 6 aliphatic rings. The van der Waals surface area contributed by atoms with E-state index in [9.17, 15) is 44.7 Å². The average Bonchev–Trinajstić information content (AvgIpc) is 0.752. The van der Waals surface area contributed by atoms with E-state index in [1.165, 1.54) is 44.3 Å². The molecule has 0 radical (unpaired) electrons. The number of fused-ring (bicyclic) bond motifs is 2. The minimum Gasteiger partial charge on any atom is -0.492 e. The van der Waals surface area contributed by atoms with Gasteiger partial charge in [-0.15, -0.1) is 0 Å². The number of hydroxylamine groups is 1. The maximum Gasteiger partial charge on any atom is 0.411 e. The molecule has 4 fully saturated rings. The zero-order valence-corrected chi connectivity index (χ0v) is 64.6. The van der Waals surface area contributed by atoms with Gasteiger partial charge >= 0.3 is 6.09 Å². The molecule has 2 amide bonds. The number of ketones is 1. The largest absolute Gasteiger partial charge is 0.492 e. The summed E-state index contributed by atoms with van der Waals surface area (Å²) in [5, 5.41) is 70.2. The van der Waals surface area contributed by atoms with Gasteiger partial charge in [0.1, 0.15) is 36.6 Å². The summed E-state index contributed by atoms with van der Waals surface area (Å²) in [7, 11) is 9.83. The van der Waals surface area contributed by atoms with Crippen molar-refractivity contribution in [2.75, 3.05) is 100 Å². The number of nitrogens with one attached hydrogen (secondary N) is 5. The van der Waals surface area contributed by atoms with Crippen molar-refractivity contribution in [1.82, 2.24) is 31.6 Å². The van der Waals surface area contributed by atoms with Crippen LogP contribution in [0.5, 0.6) is 17.2 Å². The third kappa shape index (κ3) is 22.6. The van der Waals surface area contributed by atoms with E-state index in [4.69, 9.17) is 67.4 Å². The Balaban J connectivity index is 1.10.